The van der Waals surface area contributed by atoms with E-state index < -0.39 is 11.9 Å². The van der Waals surface area contributed by atoms with E-state index in [4.69, 9.17) is 5.11 Å². The van der Waals surface area contributed by atoms with Crippen molar-refractivity contribution in [2.24, 2.45) is 11.8 Å². The van der Waals surface area contributed by atoms with Crippen molar-refractivity contribution in [1.82, 2.24) is 10.2 Å². The van der Waals surface area contributed by atoms with E-state index >= 15 is 0 Å². The first-order chi connectivity index (χ1) is 8.58. The van der Waals surface area contributed by atoms with Crippen LogP contribution in [0.25, 0.3) is 0 Å². The number of amides is 2. The molecule has 0 spiro atoms. The minimum Gasteiger partial charge on any atom is -0.481 e. The van der Waals surface area contributed by atoms with E-state index in [1.165, 1.54) is 0 Å². The number of urea groups is 1. The second-order valence-electron chi connectivity index (χ2n) is 5.26. The van der Waals surface area contributed by atoms with Crippen molar-refractivity contribution in [2.45, 2.75) is 32.2 Å². The number of aliphatic carboxylic acids is 1. The summed E-state index contributed by atoms with van der Waals surface area (Å²) >= 11 is 0. The number of rotatable bonds is 2. The summed E-state index contributed by atoms with van der Waals surface area (Å²) in [6.07, 6.45) is 7.05. The third kappa shape index (κ3) is 2.83. The van der Waals surface area contributed by atoms with Gasteiger partial charge in [0.25, 0.3) is 0 Å². The summed E-state index contributed by atoms with van der Waals surface area (Å²) in [7, 11) is 0. The SMILES string of the molecule is C[C@@H]1CN(C(=O)NC2CC=CCC2)C[C@H]1C(=O)O. The first kappa shape index (κ1) is 12.9. The number of hydrogen-bond acceptors (Lipinski definition) is 2. The van der Waals surface area contributed by atoms with E-state index in [0.717, 1.165) is 19.3 Å². The highest BCUT2D eigenvalue weighted by Gasteiger charge is 2.37. The summed E-state index contributed by atoms with van der Waals surface area (Å²) in [6, 6.07) is 0.0765. The zero-order chi connectivity index (χ0) is 13.1. The maximum Gasteiger partial charge on any atom is 0.317 e. The van der Waals surface area contributed by atoms with E-state index in [0.29, 0.717) is 13.1 Å². The quantitative estimate of drug-likeness (QED) is 0.731. The molecule has 5 nitrogen and oxygen atoms in total. The Bertz CT molecular complexity index is 367. The molecule has 5 heteroatoms. The Balaban J connectivity index is 1.86. The Morgan fingerprint density at radius 2 is 2.11 bits per heavy atom. The van der Waals surface area contributed by atoms with Crippen molar-refractivity contribution in [1.29, 1.82) is 0 Å². The number of carbonyl (C=O) groups is 2. The van der Waals surface area contributed by atoms with Gasteiger partial charge >= 0.3 is 12.0 Å². The Labute approximate surface area is 107 Å². The van der Waals surface area contributed by atoms with Crippen LogP contribution >= 0.6 is 0 Å². The Morgan fingerprint density at radius 3 is 2.67 bits per heavy atom. The Hall–Kier alpha value is -1.52. The van der Waals surface area contributed by atoms with Gasteiger partial charge in [-0.3, -0.25) is 4.79 Å². The molecular formula is C13H20N2O3. The van der Waals surface area contributed by atoms with Crippen LogP contribution in [0.15, 0.2) is 12.2 Å². The lowest BCUT2D eigenvalue weighted by molar-refractivity contribution is -0.142. The van der Waals surface area contributed by atoms with E-state index in [9.17, 15) is 9.59 Å². The molecule has 0 aromatic carbocycles. The number of carbonyl (C=O) groups excluding carboxylic acids is 1. The highest BCUT2D eigenvalue weighted by Crippen LogP contribution is 2.23. The maximum absolute atomic E-state index is 12.0. The smallest absolute Gasteiger partial charge is 0.317 e. The number of nitrogens with one attached hydrogen (secondary N) is 1. The van der Waals surface area contributed by atoms with E-state index in [2.05, 4.69) is 17.5 Å². The largest absolute Gasteiger partial charge is 0.481 e. The first-order valence-electron chi connectivity index (χ1n) is 6.51. The predicted octanol–water partition coefficient (Wildman–Crippen LogP) is 1.46. The standard InChI is InChI=1S/C13H20N2O3/c1-9-7-15(8-11(9)12(16)17)13(18)14-10-5-3-2-4-6-10/h2-3,9-11H,4-8H2,1H3,(H,14,18)(H,16,17)/t9-,10?,11-/m1/s1. The predicted molar refractivity (Wildman–Crippen MR) is 67.2 cm³/mol. The fraction of sp³-hybridized carbons (Fsp3) is 0.692. The molecule has 0 aromatic heterocycles. The van der Waals surface area contributed by atoms with Gasteiger partial charge in [0.2, 0.25) is 0 Å². The average molecular weight is 252 g/mol. The van der Waals surface area contributed by atoms with Gasteiger partial charge in [0.1, 0.15) is 0 Å². The summed E-state index contributed by atoms with van der Waals surface area (Å²) in [5, 5.41) is 12.0. The van der Waals surface area contributed by atoms with Crippen LogP contribution in [0, 0.1) is 11.8 Å². The Morgan fingerprint density at radius 1 is 1.33 bits per heavy atom. The highest BCUT2D eigenvalue weighted by molar-refractivity contribution is 5.77. The van der Waals surface area contributed by atoms with Crippen molar-refractivity contribution in [3.05, 3.63) is 12.2 Å². The fourth-order valence-electron chi connectivity index (χ4n) is 2.64. The minimum absolute atomic E-state index is 0.0273. The topological polar surface area (TPSA) is 69.6 Å². The summed E-state index contributed by atoms with van der Waals surface area (Å²) in [5.74, 6) is -1.21. The third-order valence-electron chi connectivity index (χ3n) is 3.81. The van der Waals surface area contributed by atoms with Crippen molar-refractivity contribution in [3.63, 3.8) is 0 Å². The molecule has 2 rings (SSSR count). The molecule has 100 valence electrons. The molecule has 0 saturated carbocycles. The molecular weight excluding hydrogens is 232 g/mol. The van der Waals surface area contributed by atoms with Gasteiger partial charge in [-0.25, -0.2) is 4.79 Å². The van der Waals surface area contributed by atoms with Gasteiger partial charge in [-0.05, 0) is 25.2 Å². The van der Waals surface area contributed by atoms with Gasteiger partial charge in [-0.1, -0.05) is 19.1 Å². The van der Waals surface area contributed by atoms with Gasteiger partial charge in [-0.2, -0.15) is 0 Å². The number of allylic oxidation sites excluding steroid dienone is 1. The molecule has 1 aliphatic heterocycles. The molecule has 2 amide bonds. The molecule has 3 atom stereocenters. The molecule has 18 heavy (non-hydrogen) atoms. The molecule has 1 saturated heterocycles. The summed E-state index contributed by atoms with van der Waals surface area (Å²) in [5.41, 5.74) is 0. The number of likely N-dealkylation sites (tertiary alicyclic amines) is 1. The van der Waals surface area contributed by atoms with Gasteiger partial charge in [0.05, 0.1) is 5.92 Å². The molecule has 1 unspecified atom stereocenters. The lowest BCUT2D eigenvalue weighted by atomic mass is 9.99. The Kier molecular flexibility index (Phi) is 3.89. The van der Waals surface area contributed by atoms with Crippen LogP contribution in [-0.4, -0.2) is 41.1 Å². The van der Waals surface area contributed by atoms with Crippen molar-refractivity contribution in [3.8, 4) is 0 Å². The normalized spacial score (nSPS) is 31.4. The van der Waals surface area contributed by atoms with Gasteiger partial charge in [-0.15, -0.1) is 0 Å². The number of carboxylic acid groups (broad SMARTS) is 1. The van der Waals surface area contributed by atoms with Crippen molar-refractivity contribution >= 4 is 12.0 Å². The van der Waals surface area contributed by atoms with E-state index in [-0.39, 0.29) is 18.0 Å². The van der Waals surface area contributed by atoms with Crippen LogP contribution in [0.3, 0.4) is 0 Å². The maximum atomic E-state index is 12.0. The lowest BCUT2D eigenvalue weighted by Crippen LogP contribution is -2.44. The molecule has 2 aliphatic rings. The highest BCUT2D eigenvalue weighted by atomic mass is 16.4. The van der Waals surface area contributed by atoms with E-state index in [1.807, 2.05) is 6.92 Å². The van der Waals surface area contributed by atoms with Crippen LogP contribution in [0.2, 0.25) is 0 Å². The second-order valence-corrected chi connectivity index (χ2v) is 5.26. The number of carboxylic acids is 1. The summed E-state index contributed by atoms with van der Waals surface area (Å²) in [6.45, 7) is 2.74. The fourth-order valence-corrected chi connectivity index (χ4v) is 2.64. The summed E-state index contributed by atoms with van der Waals surface area (Å²) < 4.78 is 0. The molecule has 1 aliphatic carbocycles. The minimum atomic E-state index is -0.807. The van der Waals surface area contributed by atoms with Crippen molar-refractivity contribution in [2.75, 3.05) is 13.1 Å². The average Bonchev–Trinajstić information content (AvgIpc) is 2.73. The summed E-state index contributed by atoms with van der Waals surface area (Å²) in [4.78, 5) is 24.7. The van der Waals surface area contributed by atoms with E-state index in [1.54, 1.807) is 4.90 Å². The monoisotopic (exact) mass is 252 g/mol. The van der Waals surface area contributed by atoms with Crippen molar-refractivity contribution < 1.29 is 14.7 Å². The molecule has 2 N–H and O–H groups in total. The van der Waals surface area contributed by atoms with Gasteiger partial charge < -0.3 is 15.3 Å². The van der Waals surface area contributed by atoms with Crippen LogP contribution in [0.1, 0.15) is 26.2 Å². The zero-order valence-electron chi connectivity index (χ0n) is 10.6. The lowest BCUT2D eigenvalue weighted by Gasteiger charge is -2.23. The number of nitrogens with zero attached hydrogens (tertiary/aromatic N) is 1. The number of hydrogen-bond donors (Lipinski definition) is 2. The molecule has 0 aromatic rings. The van der Waals surface area contributed by atoms with Gasteiger partial charge in [0.15, 0.2) is 0 Å². The molecule has 1 fully saturated rings. The van der Waals surface area contributed by atoms with Crippen LogP contribution in [-0.2, 0) is 4.79 Å². The second kappa shape index (κ2) is 5.42. The van der Waals surface area contributed by atoms with Crippen LogP contribution in [0.4, 0.5) is 4.79 Å². The molecule has 0 radical (unpaired) electrons. The zero-order valence-corrected chi connectivity index (χ0v) is 10.6. The molecule has 0 bridgehead atoms. The molecule has 1 heterocycles. The third-order valence-corrected chi connectivity index (χ3v) is 3.81. The van der Waals surface area contributed by atoms with Gasteiger partial charge in [0, 0.05) is 19.1 Å². The van der Waals surface area contributed by atoms with Crippen LogP contribution in [0.5, 0.6) is 0 Å². The van der Waals surface area contributed by atoms with Crippen LogP contribution < -0.4 is 5.32 Å². The first-order valence-corrected chi connectivity index (χ1v) is 6.51.